The van der Waals surface area contributed by atoms with E-state index in [-0.39, 0.29) is 11.0 Å². The molecule has 0 radical (unpaired) electrons. The third-order valence-corrected chi connectivity index (χ3v) is 3.62. The van der Waals surface area contributed by atoms with Gasteiger partial charge in [0.1, 0.15) is 0 Å². The molecule has 0 aliphatic heterocycles. The van der Waals surface area contributed by atoms with Gasteiger partial charge in [-0.15, -0.1) is 0 Å². The molecule has 1 heterocycles. The molecule has 6 heteroatoms. The van der Waals surface area contributed by atoms with Crippen LogP contribution in [0.1, 0.15) is 5.56 Å². The van der Waals surface area contributed by atoms with Crippen molar-refractivity contribution >= 4 is 15.8 Å². The van der Waals surface area contributed by atoms with Crippen LogP contribution in [-0.4, -0.2) is 24.6 Å². The SMILES string of the molecule is Cc1c(-c2ccccc2)nc(N)nc1S(C)(=O)=O. The molecule has 2 aromatic rings. The second-order valence-electron chi connectivity index (χ2n) is 4.00. The lowest BCUT2D eigenvalue weighted by Gasteiger charge is -2.09. The Labute approximate surface area is 106 Å². The summed E-state index contributed by atoms with van der Waals surface area (Å²) < 4.78 is 23.3. The van der Waals surface area contributed by atoms with E-state index in [4.69, 9.17) is 5.73 Å². The van der Waals surface area contributed by atoms with Crippen LogP contribution in [-0.2, 0) is 9.84 Å². The predicted molar refractivity (Wildman–Crippen MR) is 69.7 cm³/mol. The van der Waals surface area contributed by atoms with Crippen molar-refractivity contribution in [2.45, 2.75) is 11.9 Å². The first-order valence-electron chi connectivity index (χ1n) is 5.29. The third kappa shape index (κ3) is 2.33. The number of nitrogen functional groups attached to an aromatic ring is 1. The average molecular weight is 263 g/mol. The molecule has 0 bridgehead atoms. The summed E-state index contributed by atoms with van der Waals surface area (Å²) in [7, 11) is -3.42. The zero-order chi connectivity index (χ0) is 13.3. The van der Waals surface area contributed by atoms with Crippen LogP contribution >= 0.6 is 0 Å². The fourth-order valence-corrected chi connectivity index (χ4v) is 2.66. The lowest BCUT2D eigenvalue weighted by Crippen LogP contribution is -2.09. The summed E-state index contributed by atoms with van der Waals surface area (Å²) in [6.07, 6.45) is 1.11. The molecule has 94 valence electrons. The van der Waals surface area contributed by atoms with Gasteiger partial charge in [0, 0.05) is 17.4 Å². The summed E-state index contributed by atoms with van der Waals surface area (Å²) in [5, 5.41) is -0.0196. The maximum absolute atomic E-state index is 11.6. The molecular formula is C12H13N3O2S. The molecule has 0 spiro atoms. The maximum Gasteiger partial charge on any atom is 0.221 e. The number of hydrogen-bond donors (Lipinski definition) is 1. The van der Waals surface area contributed by atoms with E-state index >= 15 is 0 Å². The number of rotatable bonds is 2. The summed E-state index contributed by atoms with van der Waals surface area (Å²) >= 11 is 0. The van der Waals surface area contributed by atoms with Gasteiger partial charge in [-0.05, 0) is 6.92 Å². The van der Waals surface area contributed by atoms with Crippen molar-refractivity contribution in [3.63, 3.8) is 0 Å². The zero-order valence-electron chi connectivity index (χ0n) is 10.1. The van der Waals surface area contributed by atoms with Crippen molar-refractivity contribution in [1.29, 1.82) is 0 Å². The predicted octanol–water partition coefficient (Wildman–Crippen LogP) is 1.44. The Morgan fingerprint density at radius 3 is 2.28 bits per heavy atom. The molecule has 0 atom stereocenters. The van der Waals surface area contributed by atoms with Crippen molar-refractivity contribution < 1.29 is 8.42 Å². The summed E-state index contributed by atoms with van der Waals surface area (Å²) in [4.78, 5) is 7.93. The second-order valence-corrected chi connectivity index (χ2v) is 5.93. The van der Waals surface area contributed by atoms with Gasteiger partial charge in [0.15, 0.2) is 14.9 Å². The third-order valence-electron chi connectivity index (χ3n) is 2.52. The number of benzene rings is 1. The molecule has 2 rings (SSSR count). The quantitative estimate of drug-likeness (QED) is 0.828. The largest absolute Gasteiger partial charge is 0.368 e. The highest BCUT2D eigenvalue weighted by Gasteiger charge is 2.18. The highest BCUT2D eigenvalue weighted by molar-refractivity contribution is 7.90. The minimum atomic E-state index is -3.42. The Hall–Kier alpha value is -1.95. The van der Waals surface area contributed by atoms with Crippen LogP contribution in [0.15, 0.2) is 35.4 Å². The summed E-state index contributed by atoms with van der Waals surface area (Å²) in [6, 6.07) is 9.28. The second kappa shape index (κ2) is 4.38. The maximum atomic E-state index is 11.6. The average Bonchev–Trinajstić information content (AvgIpc) is 2.31. The first kappa shape index (κ1) is 12.5. The normalized spacial score (nSPS) is 11.4. The molecule has 0 unspecified atom stereocenters. The Morgan fingerprint density at radius 1 is 1.11 bits per heavy atom. The highest BCUT2D eigenvalue weighted by atomic mass is 32.2. The first-order chi connectivity index (χ1) is 8.39. The van der Waals surface area contributed by atoms with E-state index in [9.17, 15) is 8.42 Å². The van der Waals surface area contributed by atoms with E-state index in [1.165, 1.54) is 0 Å². The van der Waals surface area contributed by atoms with Gasteiger partial charge in [0.25, 0.3) is 0 Å². The first-order valence-corrected chi connectivity index (χ1v) is 7.18. The molecule has 2 N–H and O–H groups in total. The Morgan fingerprint density at radius 2 is 1.72 bits per heavy atom. The smallest absolute Gasteiger partial charge is 0.221 e. The van der Waals surface area contributed by atoms with Gasteiger partial charge in [-0.2, -0.15) is 0 Å². The van der Waals surface area contributed by atoms with E-state index < -0.39 is 9.84 Å². The molecule has 5 nitrogen and oxygen atoms in total. The van der Waals surface area contributed by atoms with Crippen molar-refractivity contribution in [1.82, 2.24) is 9.97 Å². The van der Waals surface area contributed by atoms with Gasteiger partial charge in [0.05, 0.1) is 5.69 Å². The van der Waals surface area contributed by atoms with Crippen molar-refractivity contribution in [3.05, 3.63) is 35.9 Å². The summed E-state index contributed by atoms with van der Waals surface area (Å²) in [5.41, 5.74) is 7.45. The van der Waals surface area contributed by atoms with Crippen molar-refractivity contribution in [3.8, 4) is 11.3 Å². The van der Waals surface area contributed by atoms with E-state index in [1.807, 2.05) is 30.3 Å². The Balaban J connectivity index is 2.75. The molecule has 1 aromatic heterocycles. The van der Waals surface area contributed by atoms with Gasteiger partial charge in [-0.3, -0.25) is 0 Å². The molecular weight excluding hydrogens is 250 g/mol. The lowest BCUT2D eigenvalue weighted by molar-refractivity contribution is 0.597. The van der Waals surface area contributed by atoms with Gasteiger partial charge >= 0.3 is 0 Å². The number of anilines is 1. The summed E-state index contributed by atoms with van der Waals surface area (Å²) in [6.45, 7) is 1.68. The van der Waals surface area contributed by atoms with E-state index in [0.717, 1.165) is 11.8 Å². The molecule has 0 saturated carbocycles. The van der Waals surface area contributed by atoms with Crippen molar-refractivity contribution in [2.24, 2.45) is 0 Å². The summed E-state index contributed by atoms with van der Waals surface area (Å²) in [5.74, 6) is -0.0418. The minimum absolute atomic E-state index is 0.0196. The van der Waals surface area contributed by atoms with Crippen LogP contribution < -0.4 is 5.73 Å². The zero-order valence-corrected chi connectivity index (χ0v) is 10.9. The molecule has 0 aliphatic rings. The van der Waals surface area contributed by atoms with E-state index in [2.05, 4.69) is 9.97 Å². The van der Waals surface area contributed by atoms with Crippen LogP contribution in [0, 0.1) is 6.92 Å². The highest BCUT2D eigenvalue weighted by Crippen LogP contribution is 2.25. The number of nitrogens with zero attached hydrogens (tertiary/aromatic N) is 2. The number of aromatic nitrogens is 2. The number of hydrogen-bond acceptors (Lipinski definition) is 5. The van der Waals surface area contributed by atoms with Gasteiger partial charge < -0.3 is 5.73 Å². The van der Waals surface area contributed by atoms with Crippen molar-refractivity contribution in [2.75, 3.05) is 12.0 Å². The van der Waals surface area contributed by atoms with E-state index in [0.29, 0.717) is 11.3 Å². The van der Waals surface area contributed by atoms with Crippen LogP contribution in [0.3, 0.4) is 0 Å². The molecule has 18 heavy (non-hydrogen) atoms. The van der Waals surface area contributed by atoms with Crippen LogP contribution in [0.5, 0.6) is 0 Å². The van der Waals surface area contributed by atoms with Crippen LogP contribution in [0.2, 0.25) is 0 Å². The number of nitrogens with two attached hydrogens (primary N) is 1. The van der Waals surface area contributed by atoms with E-state index in [1.54, 1.807) is 6.92 Å². The minimum Gasteiger partial charge on any atom is -0.368 e. The Bertz CT molecular complexity index is 682. The van der Waals surface area contributed by atoms with Crippen LogP contribution in [0.25, 0.3) is 11.3 Å². The number of sulfone groups is 1. The fourth-order valence-electron chi connectivity index (χ4n) is 1.75. The van der Waals surface area contributed by atoms with Gasteiger partial charge in [-0.25, -0.2) is 18.4 Å². The topological polar surface area (TPSA) is 85.9 Å². The Kier molecular flexibility index (Phi) is 3.04. The molecule has 0 fully saturated rings. The van der Waals surface area contributed by atoms with Crippen LogP contribution in [0.4, 0.5) is 5.95 Å². The molecule has 0 aliphatic carbocycles. The molecule has 0 amide bonds. The molecule has 1 aromatic carbocycles. The van der Waals surface area contributed by atoms with Gasteiger partial charge in [-0.1, -0.05) is 30.3 Å². The monoisotopic (exact) mass is 263 g/mol. The lowest BCUT2D eigenvalue weighted by atomic mass is 10.1. The van der Waals surface area contributed by atoms with Gasteiger partial charge in [0.2, 0.25) is 5.95 Å². The standard InChI is InChI=1S/C12H13N3O2S/c1-8-10(9-6-4-3-5-7-9)14-12(13)15-11(8)18(2,16)17/h3-7H,1-2H3,(H2,13,14,15). The fraction of sp³-hybridized carbons (Fsp3) is 0.167. The molecule has 0 saturated heterocycles.